The van der Waals surface area contributed by atoms with Crippen LogP contribution in [0.25, 0.3) is 0 Å². The van der Waals surface area contributed by atoms with Gasteiger partial charge in [-0.1, -0.05) is 43.3 Å². The number of nitrogens with zero attached hydrogens (tertiary/aromatic N) is 1. The highest BCUT2D eigenvalue weighted by atomic mass is 19.1. The van der Waals surface area contributed by atoms with Crippen LogP contribution >= 0.6 is 0 Å². The van der Waals surface area contributed by atoms with Crippen LogP contribution in [0.1, 0.15) is 51.3 Å². The van der Waals surface area contributed by atoms with Crippen molar-refractivity contribution in [1.29, 1.82) is 0 Å². The van der Waals surface area contributed by atoms with E-state index in [1.54, 1.807) is 12.1 Å². The number of carbonyl (C=O) groups is 3. The second-order valence-corrected chi connectivity index (χ2v) is 9.63. The van der Waals surface area contributed by atoms with Gasteiger partial charge in [0.1, 0.15) is 23.8 Å². The Kier molecular flexibility index (Phi) is 8.83. The maximum Gasteiger partial charge on any atom is 0.329 e. The summed E-state index contributed by atoms with van der Waals surface area (Å²) in [7, 11) is 0. The van der Waals surface area contributed by atoms with E-state index in [9.17, 15) is 23.2 Å². The highest BCUT2D eigenvalue weighted by Crippen LogP contribution is 2.25. The summed E-state index contributed by atoms with van der Waals surface area (Å²) in [6.45, 7) is 4.08. The monoisotopic (exact) mass is 535 g/mol. The Morgan fingerprint density at radius 2 is 1.54 bits per heavy atom. The van der Waals surface area contributed by atoms with Gasteiger partial charge in [-0.15, -0.1) is 0 Å². The van der Waals surface area contributed by atoms with Crippen LogP contribution in [0.2, 0.25) is 0 Å². The normalized spacial score (nSPS) is 15.2. The Morgan fingerprint density at radius 1 is 0.923 bits per heavy atom. The number of imide groups is 1. The Bertz CT molecular complexity index is 1320. The molecular formula is C30H31F2N3O4. The molecule has 7 nitrogen and oxygen atoms in total. The molecule has 204 valence electrons. The molecule has 1 unspecified atom stereocenters. The average molecular weight is 536 g/mol. The minimum absolute atomic E-state index is 0.0288. The van der Waals surface area contributed by atoms with Crippen molar-refractivity contribution in [2.45, 2.75) is 51.4 Å². The van der Waals surface area contributed by atoms with Crippen molar-refractivity contribution < 1.29 is 27.9 Å². The Morgan fingerprint density at radius 3 is 2.15 bits per heavy atom. The highest BCUT2D eigenvalue weighted by molar-refractivity contribution is 6.22. The molecule has 0 aromatic heterocycles. The maximum atomic E-state index is 13.8. The third kappa shape index (κ3) is 6.55. The lowest BCUT2D eigenvalue weighted by molar-refractivity contribution is -0.154. The van der Waals surface area contributed by atoms with Crippen LogP contribution in [0, 0.1) is 11.6 Å². The number of fused-ring (bicyclic) bond motifs is 1. The van der Waals surface area contributed by atoms with Gasteiger partial charge in [0.25, 0.3) is 11.8 Å². The van der Waals surface area contributed by atoms with Crippen LogP contribution in [0.4, 0.5) is 8.78 Å². The molecule has 2 amide bonds. The van der Waals surface area contributed by atoms with E-state index < -0.39 is 47.6 Å². The van der Waals surface area contributed by atoms with Crippen LogP contribution in [0.5, 0.6) is 0 Å². The van der Waals surface area contributed by atoms with Crippen molar-refractivity contribution in [2.24, 2.45) is 5.73 Å². The summed E-state index contributed by atoms with van der Waals surface area (Å²) >= 11 is 0. The zero-order chi connectivity index (χ0) is 28.1. The quantitative estimate of drug-likeness (QED) is 0.286. The minimum Gasteiger partial charge on any atom is -0.458 e. The van der Waals surface area contributed by atoms with Gasteiger partial charge in [0.2, 0.25) is 0 Å². The fourth-order valence-electron chi connectivity index (χ4n) is 4.64. The molecule has 3 N–H and O–H groups in total. The highest BCUT2D eigenvalue weighted by Gasteiger charge is 2.42. The summed E-state index contributed by atoms with van der Waals surface area (Å²) < 4.78 is 33.3. The fraction of sp³-hybridized carbons (Fsp3) is 0.300. The van der Waals surface area contributed by atoms with Crippen molar-refractivity contribution in [3.05, 3.63) is 106 Å². The number of benzene rings is 3. The summed E-state index contributed by atoms with van der Waals surface area (Å²) in [5.41, 5.74) is 9.35. The lowest BCUT2D eigenvalue weighted by Gasteiger charge is -2.28. The maximum absolute atomic E-state index is 13.8. The number of halogens is 2. The molecular weight excluding hydrogens is 504 g/mol. The molecule has 0 saturated heterocycles. The summed E-state index contributed by atoms with van der Waals surface area (Å²) in [4.78, 5) is 39.8. The molecule has 4 rings (SSSR count). The van der Waals surface area contributed by atoms with E-state index in [-0.39, 0.29) is 24.1 Å². The van der Waals surface area contributed by atoms with Crippen molar-refractivity contribution in [3.63, 3.8) is 0 Å². The number of ether oxygens (including phenoxy) is 1. The summed E-state index contributed by atoms with van der Waals surface area (Å²) in [5.74, 6) is -3.45. The average Bonchev–Trinajstić information content (AvgIpc) is 3.16. The van der Waals surface area contributed by atoms with E-state index in [2.05, 4.69) is 18.3 Å². The van der Waals surface area contributed by atoms with Gasteiger partial charge < -0.3 is 15.8 Å². The molecule has 0 bridgehead atoms. The van der Waals surface area contributed by atoms with E-state index >= 15 is 0 Å². The smallest absolute Gasteiger partial charge is 0.329 e. The van der Waals surface area contributed by atoms with E-state index in [0.29, 0.717) is 12.1 Å². The Balaban J connectivity index is 1.48. The van der Waals surface area contributed by atoms with Crippen LogP contribution in [-0.2, 0) is 28.9 Å². The van der Waals surface area contributed by atoms with E-state index in [0.717, 1.165) is 23.0 Å². The Hall–Kier alpha value is -3.95. The third-order valence-corrected chi connectivity index (χ3v) is 6.77. The predicted octanol–water partition coefficient (Wildman–Crippen LogP) is 3.78. The van der Waals surface area contributed by atoms with Crippen LogP contribution in [0.3, 0.4) is 0 Å². The van der Waals surface area contributed by atoms with Gasteiger partial charge in [0, 0.05) is 25.2 Å². The molecule has 1 aliphatic rings. The molecule has 1 aliphatic heterocycles. The molecule has 39 heavy (non-hydrogen) atoms. The number of amides is 2. The lowest BCUT2D eigenvalue weighted by Crippen LogP contribution is -2.50. The molecule has 9 heteroatoms. The van der Waals surface area contributed by atoms with Gasteiger partial charge >= 0.3 is 5.97 Å². The van der Waals surface area contributed by atoms with Crippen molar-refractivity contribution in [1.82, 2.24) is 10.2 Å². The predicted molar refractivity (Wildman–Crippen MR) is 142 cm³/mol. The number of esters is 1. The second-order valence-electron chi connectivity index (χ2n) is 9.63. The molecule has 3 aromatic rings. The Labute approximate surface area is 225 Å². The topological polar surface area (TPSA) is 102 Å². The number of carbonyl (C=O) groups excluding carboxylic acids is 3. The molecule has 0 spiro atoms. The van der Waals surface area contributed by atoms with Gasteiger partial charge in [0.05, 0.1) is 11.1 Å². The van der Waals surface area contributed by atoms with E-state index in [1.165, 1.54) is 36.8 Å². The first-order valence-corrected chi connectivity index (χ1v) is 12.8. The number of nitrogens with one attached hydrogen (secondary N) is 1. The number of hydrogen-bond acceptors (Lipinski definition) is 6. The van der Waals surface area contributed by atoms with Crippen LogP contribution in [0.15, 0.2) is 66.7 Å². The first kappa shape index (κ1) is 28.1. The largest absolute Gasteiger partial charge is 0.458 e. The van der Waals surface area contributed by atoms with Crippen LogP contribution < -0.4 is 11.1 Å². The fourth-order valence-corrected chi connectivity index (χ4v) is 4.64. The molecule has 0 radical (unpaired) electrons. The zero-order valence-electron chi connectivity index (χ0n) is 21.8. The summed E-state index contributed by atoms with van der Waals surface area (Å²) in [5, 5.41) is 3.24. The standard InChI is InChI=1S/C30H31F2N3O4/c1-3-19-7-6-8-20(11-19)16-34-17-27(26(33)14-21-12-22(31)15-23(32)13-21)39-30(38)18(2)35-28(36)24-9-4-5-10-25(24)29(35)37/h4-13,15,18,26-27,34H,3,14,16-17,33H2,1-2H3/t18?,26-,27+/m0/s1. The second kappa shape index (κ2) is 12.3. The van der Waals surface area contributed by atoms with Gasteiger partial charge in [-0.3, -0.25) is 14.5 Å². The molecule has 3 atom stereocenters. The SMILES string of the molecule is CCc1cccc(CNC[C@@H](OC(=O)C(C)N2C(=O)c3ccccc3C2=O)[C@@H](N)Cc2cc(F)cc(F)c2)c1. The number of aryl methyl sites for hydroxylation is 1. The summed E-state index contributed by atoms with van der Waals surface area (Å²) in [6.07, 6.45) is -0.00400. The van der Waals surface area contributed by atoms with Gasteiger partial charge in [-0.25, -0.2) is 13.6 Å². The molecule has 1 heterocycles. The van der Waals surface area contributed by atoms with Gasteiger partial charge in [-0.05, 0) is 60.7 Å². The van der Waals surface area contributed by atoms with Crippen LogP contribution in [-0.4, -0.2) is 47.4 Å². The minimum atomic E-state index is -1.21. The summed E-state index contributed by atoms with van der Waals surface area (Å²) in [6, 6.07) is 15.4. The molecule has 0 aliphatic carbocycles. The van der Waals surface area contributed by atoms with Gasteiger partial charge in [0.15, 0.2) is 0 Å². The zero-order valence-corrected chi connectivity index (χ0v) is 21.8. The number of hydrogen-bond donors (Lipinski definition) is 2. The lowest BCUT2D eigenvalue weighted by atomic mass is 10.0. The first-order valence-electron chi connectivity index (χ1n) is 12.8. The number of rotatable bonds is 11. The van der Waals surface area contributed by atoms with Crippen molar-refractivity contribution >= 4 is 17.8 Å². The molecule has 3 aromatic carbocycles. The van der Waals surface area contributed by atoms with Gasteiger partial charge in [-0.2, -0.15) is 0 Å². The number of nitrogens with two attached hydrogens (primary N) is 1. The molecule has 0 fully saturated rings. The third-order valence-electron chi connectivity index (χ3n) is 6.77. The molecule has 0 saturated carbocycles. The first-order chi connectivity index (χ1) is 18.7. The van der Waals surface area contributed by atoms with Crippen molar-refractivity contribution in [3.8, 4) is 0 Å². The van der Waals surface area contributed by atoms with Crippen molar-refractivity contribution in [2.75, 3.05) is 6.54 Å². The van der Waals surface area contributed by atoms with E-state index in [1.807, 2.05) is 18.2 Å². The van der Waals surface area contributed by atoms with E-state index in [4.69, 9.17) is 10.5 Å².